The number of hydrogen-bond acceptors (Lipinski definition) is 3. The number of carbonyl (C=O) groups is 1. The van der Waals surface area contributed by atoms with E-state index in [-0.39, 0.29) is 12.3 Å². The smallest absolute Gasteiger partial charge is 0.359 e. The minimum absolute atomic E-state index is 0.230. The maximum absolute atomic E-state index is 12.3. The van der Waals surface area contributed by atoms with Crippen LogP contribution in [0.2, 0.25) is 10.0 Å². The highest BCUT2D eigenvalue weighted by atomic mass is 79.9. The number of halogens is 3. The van der Waals surface area contributed by atoms with Gasteiger partial charge in [-0.3, -0.25) is 4.57 Å². The van der Waals surface area contributed by atoms with E-state index in [1.807, 2.05) is 54.0 Å². The van der Waals surface area contributed by atoms with Crippen molar-refractivity contribution in [1.82, 2.24) is 9.55 Å². The topological polar surface area (TPSA) is 44.1 Å². The predicted molar refractivity (Wildman–Crippen MR) is 111 cm³/mol. The Morgan fingerprint density at radius 3 is 2.63 bits per heavy atom. The molecule has 0 atom stereocenters. The van der Waals surface area contributed by atoms with Gasteiger partial charge in [-0.2, -0.15) is 0 Å². The fraction of sp³-hybridized carbons (Fsp3) is 0.200. The van der Waals surface area contributed by atoms with Crippen LogP contribution in [-0.4, -0.2) is 22.1 Å². The van der Waals surface area contributed by atoms with Gasteiger partial charge >= 0.3 is 5.97 Å². The average Bonchev–Trinajstić information content (AvgIpc) is 2.93. The average molecular weight is 468 g/mol. The maximum Gasteiger partial charge on any atom is 0.359 e. The fourth-order valence-electron chi connectivity index (χ4n) is 2.79. The van der Waals surface area contributed by atoms with Crippen molar-refractivity contribution in [2.45, 2.75) is 20.3 Å². The molecule has 0 radical (unpaired) electrons. The Balaban J connectivity index is 2.17. The predicted octanol–water partition coefficient (Wildman–Crippen LogP) is 6.02. The maximum atomic E-state index is 12.3. The number of ether oxygens (including phenoxy) is 1. The molecule has 0 saturated heterocycles. The second-order valence-electron chi connectivity index (χ2n) is 5.96. The van der Waals surface area contributed by atoms with E-state index >= 15 is 0 Å². The minimum Gasteiger partial charge on any atom is -0.461 e. The first-order chi connectivity index (χ1) is 12.9. The number of imidazole rings is 1. The van der Waals surface area contributed by atoms with E-state index in [1.165, 1.54) is 0 Å². The summed E-state index contributed by atoms with van der Waals surface area (Å²) in [5.41, 5.74) is 3.05. The van der Waals surface area contributed by atoms with Crippen LogP contribution in [0, 0.1) is 6.92 Å². The summed E-state index contributed by atoms with van der Waals surface area (Å²) in [4.78, 5) is 16.9. The van der Waals surface area contributed by atoms with Crippen LogP contribution in [0.15, 0.2) is 47.1 Å². The van der Waals surface area contributed by atoms with Gasteiger partial charge in [-0.25, -0.2) is 9.78 Å². The molecule has 27 heavy (non-hydrogen) atoms. The van der Waals surface area contributed by atoms with E-state index in [9.17, 15) is 4.79 Å². The van der Waals surface area contributed by atoms with Crippen LogP contribution in [0.1, 0.15) is 34.4 Å². The van der Waals surface area contributed by atoms with Crippen molar-refractivity contribution in [1.29, 1.82) is 0 Å². The molecule has 0 amide bonds. The largest absolute Gasteiger partial charge is 0.461 e. The van der Waals surface area contributed by atoms with E-state index in [4.69, 9.17) is 27.9 Å². The van der Waals surface area contributed by atoms with Crippen molar-refractivity contribution in [2.75, 3.05) is 6.61 Å². The molecule has 1 heterocycles. The lowest BCUT2D eigenvalue weighted by Gasteiger charge is -2.13. The lowest BCUT2D eigenvalue weighted by Crippen LogP contribution is -2.06. The third kappa shape index (κ3) is 4.37. The summed E-state index contributed by atoms with van der Waals surface area (Å²) in [6.45, 7) is 4.01. The third-order valence-electron chi connectivity index (χ3n) is 4.02. The highest BCUT2D eigenvalue weighted by Crippen LogP contribution is 2.30. The molecule has 4 nitrogen and oxygen atoms in total. The van der Waals surface area contributed by atoms with Crippen LogP contribution in [0.4, 0.5) is 0 Å². The second kappa shape index (κ2) is 8.46. The molecule has 2 aromatic carbocycles. The lowest BCUT2D eigenvalue weighted by molar-refractivity contribution is 0.0518. The number of esters is 1. The number of nitrogens with zero attached hydrogens (tertiary/aromatic N) is 2. The quantitative estimate of drug-likeness (QED) is 0.431. The zero-order valence-electron chi connectivity index (χ0n) is 14.8. The van der Waals surface area contributed by atoms with Crippen LogP contribution in [0.5, 0.6) is 0 Å². The van der Waals surface area contributed by atoms with Gasteiger partial charge < -0.3 is 4.74 Å². The number of hydrogen-bond donors (Lipinski definition) is 0. The number of rotatable bonds is 5. The highest BCUT2D eigenvalue weighted by Gasteiger charge is 2.24. The molecule has 3 rings (SSSR count). The molecular weight excluding hydrogens is 451 g/mol. The highest BCUT2D eigenvalue weighted by molar-refractivity contribution is 9.10. The van der Waals surface area contributed by atoms with Crippen molar-refractivity contribution < 1.29 is 9.53 Å². The first-order valence-corrected chi connectivity index (χ1v) is 9.90. The zero-order chi connectivity index (χ0) is 19.6. The Labute approximate surface area is 176 Å². The Morgan fingerprint density at radius 2 is 1.93 bits per heavy atom. The SMILES string of the molecule is CCOC(=O)c1nc(Cc2cccc(Cl)c2)n(-c2cc(Cl)ccc2C)c1Br. The molecule has 1 aromatic heterocycles. The Kier molecular flexibility index (Phi) is 6.25. The Morgan fingerprint density at radius 1 is 1.19 bits per heavy atom. The van der Waals surface area contributed by atoms with Gasteiger partial charge in [0.25, 0.3) is 0 Å². The Bertz CT molecular complexity index is 1000. The van der Waals surface area contributed by atoms with Gasteiger partial charge in [0.05, 0.1) is 12.3 Å². The second-order valence-corrected chi connectivity index (χ2v) is 7.58. The van der Waals surface area contributed by atoms with Crippen LogP contribution < -0.4 is 0 Å². The van der Waals surface area contributed by atoms with Crippen LogP contribution in [0.25, 0.3) is 5.69 Å². The zero-order valence-corrected chi connectivity index (χ0v) is 17.9. The van der Waals surface area contributed by atoms with E-state index < -0.39 is 5.97 Å². The molecule has 0 fully saturated rings. The molecule has 3 aromatic rings. The lowest BCUT2D eigenvalue weighted by atomic mass is 10.1. The number of carbonyl (C=O) groups excluding carboxylic acids is 1. The summed E-state index contributed by atoms with van der Waals surface area (Å²) >= 11 is 15.9. The molecule has 0 N–H and O–H groups in total. The van der Waals surface area contributed by atoms with Crippen molar-refractivity contribution in [3.05, 3.63) is 79.8 Å². The van der Waals surface area contributed by atoms with E-state index in [1.54, 1.807) is 6.92 Å². The monoisotopic (exact) mass is 466 g/mol. The van der Waals surface area contributed by atoms with Gasteiger partial charge in [-0.15, -0.1) is 0 Å². The van der Waals surface area contributed by atoms with Crippen molar-refractivity contribution in [2.24, 2.45) is 0 Å². The van der Waals surface area contributed by atoms with Gasteiger partial charge in [0.1, 0.15) is 10.4 Å². The molecule has 0 aliphatic rings. The molecule has 0 aliphatic heterocycles. The minimum atomic E-state index is -0.477. The summed E-state index contributed by atoms with van der Waals surface area (Å²) in [5.74, 6) is 0.202. The van der Waals surface area contributed by atoms with Gasteiger partial charge in [-0.05, 0) is 65.2 Å². The normalized spacial score (nSPS) is 10.9. The van der Waals surface area contributed by atoms with Gasteiger partial charge in [0.2, 0.25) is 0 Å². The molecule has 0 bridgehead atoms. The van der Waals surface area contributed by atoms with Gasteiger partial charge in [0.15, 0.2) is 5.69 Å². The molecule has 0 unspecified atom stereocenters. The van der Waals surface area contributed by atoms with Crippen molar-refractivity contribution in [3.8, 4) is 5.69 Å². The summed E-state index contributed by atoms with van der Waals surface area (Å²) in [5, 5.41) is 1.25. The molecule has 0 aliphatic carbocycles. The summed E-state index contributed by atoms with van der Waals surface area (Å²) in [7, 11) is 0. The standard InChI is InChI=1S/C20H17BrCl2N2O2/c1-3-27-20(26)18-19(21)25(16-11-15(23)8-7-12(16)2)17(24-18)10-13-5-4-6-14(22)9-13/h4-9,11H,3,10H2,1-2H3. The molecule has 7 heteroatoms. The first-order valence-electron chi connectivity index (χ1n) is 8.36. The van der Waals surface area contributed by atoms with Crippen molar-refractivity contribution >= 4 is 45.1 Å². The summed E-state index contributed by atoms with van der Waals surface area (Å²) < 4.78 is 7.56. The number of aryl methyl sites for hydroxylation is 1. The fourth-order valence-corrected chi connectivity index (χ4v) is 3.82. The van der Waals surface area contributed by atoms with E-state index in [0.717, 1.165) is 16.8 Å². The van der Waals surface area contributed by atoms with Crippen LogP contribution >= 0.6 is 39.1 Å². The number of benzene rings is 2. The molecule has 0 spiro atoms. The van der Waals surface area contributed by atoms with Crippen LogP contribution in [-0.2, 0) is 11.2 Å². The van der Waals surface area contributed by atoms with E-state index in [0.29, 0.717) is 26.9 Å². The summed E-state index contributed by atoms with van der Waals surface area (Å²) in [6, 6.07) is 13.2. The first kappa shape index (κ1) is 19.9. The Hall–Kier alpha value is -1.82. The molecule has 0 saturated carbocycles. The molecular formula is C20H17BrCl2N2O2. The van der Waals surface area contributed by atoms with Gasteiger partial charge in [-0.1, -0.05) is 41.4 Å². The van der Waals surface area contributed by atoms with Crippen LogP contribution in [0.3, 0.4) is 0 Å². The van der Waals surface area contributed by atoms with Gasteiger partial charge in [0, 0.05) is 16.5 Å². The van der Waals surface area contributed by atoms with Crippen molar-refractivity contribution in [3.63, 3.8) is 0 Å². The molecule has 140 valence electrons. The number of aromatic nitrogens is 2. The van der Waals surface area contributed by atoms with E-state index in [2.05, 4.69) is 20.9 Å². The summed E-state index contributed by atoms with van der Waals surface area (Å²) in [6.07, 6.45) is 0.491. The third-order valence-corrected chi connectivity index (χ3v) is 5.22.